The van der Waals surface area contributed by atoms with Crippen LogP contribution in [0.5, 0.6) is 0 Å². The predicted octanol–water partition coefficient (Wildman–Crippen LogP) is 4.67. The third kappa shape index (κ3) is 8.67. The van der Waals surface area contributed by atoms with Crippen LogP contribution in [0.1, 0.15) is 53.5 Å². The fourth-order valence-electron chi connectivity index (χ4n) is 6.24. The molecule has 3 aromatic carbocycles. The van der Waals surface area contributed by atoms with Gasteiger partial charge in [0.25, 0.3) is 0 Å². The van der Waals surface area contributed by atoms with Gasteiger partial charge in [0.05, 0.1) is 12.9 Å². The summed E-state index contributed by atoms with van der Waals surface area (Å²) >= 11 is 1.71. The Labute approximate surface area is 292 Å². The number of benzene rings is 3. The summed E-state index contributed by atoms with van der Waals surface area (Å²) in [5.41, 5.74) is 9.79. The van der Waals surface area contributed by atoms with E-state index < -0.39 is 0 Å². The highest BCUT2D eigenvalue weighted by Crippen LogP contribution is 2.27. The van der Waals surface area contributed by atoms with Crippen LogP contribution in [0.15, 0.2) is 121 Å². The number of fused-ring (bicyclic) bond motifs is 1. The molecule has 240 valence electrons. The molecule has 47 heavy (non-hydrogen) atoms. The maximum atomic E-state index is 4.67. The predicted molar refractivity (Wildman–Crippen MR) is 187 cm³/mol. The largest absolute Gasteiger partial charge is 1.00 e. The van der Waals surface area contributed by atoms with Crippen molar-refractivity contribution in [3.8, 4) is 0 Å². The molecule has 0 unspecified atom stereocenters. The highest BCUT2D eigenvalue weighted by Gasteiger charge is 2.14. The smallest absolute Gasteiger partial charge is 0.173 e. The van der Waals surface area contributed by atoms with Gasteiger partial charge in [0, 0.05) is 42.2 Å². The molecule has 1 aliphatic heterocycles. The molecular weight excluding hydrogens is 664 g/mol. The molecule has 6 nitrogen and oxygen atoms in total. The molecule has 4 heterocycles. The third-order valence-electron chi connectivity index (χ3n) is 8.88. The maximum absolute atomic E-state index is 4.67. The van der Waals surface area contributed by atoms with Gasteiger partial charge in [0.1, 0.15) is 16.9 Å². The van der Waals surface area contributed by atoms with E-state index in [4.69, 9.17) is 0 Å². The molecule has 0 amide bonds. The number of pyridine rings is 1. The molecule has 8 heteroatoms. The summed E-state index contributed by atoms with van der Waals surface area (Å²) < 4.78 is 4.39. The second kappa shape index (κ2) is 16.2. The van der Waals surface area contributed by atoms with Gasteiger partial charge < -0.3 is 26.4 Å². The number of halogens is 1. The van der Waals surface area contributed by atoms with Crippen LogP contribution in [-0.2, 0) is 31.7 Å². The summed E-state index contributed by atoms with van der Waals surface area (Å²) in [6.45, 7) is 4.04. The Kier molecular flexibility index (Phi) is 11.3. The molecule has 6 aromatic rings. The topological polar surface area (TPSA) is 50.7 Å². The van der Waals surface area contributed by atoms with Gasteiger partial charge in [-0.05, 0) is 60.8 Å². The quantitative estimate of drug-likeness (QED) is 0.0758. The Hall–Kier alpha value is -4.01. The molecular formula is C39H41BrN6S. The molecule has 0 atom stereocenters. The molecule has 1 aliphatic rings. The van der Waals surface area contributed by atoms with E-state index in [0.717, 1.165) is 47.9 Å². The first-order chi connectivity index (χ1) is 22.8. The van der Waals surface area contributed by atoms with E-state index in [1.54, 1.807) is 18.1 Å². The third-order valence-corrected chi connectivity index (χ3v) is 9.93. The van der Waals surface area contributed by atoms with Crippen LogP contribution in [-0.4, -0.2) is 32.6 Å². The molecule has 0 radical (unpaired) electrons. The molecule has 1 saturated heterocycles. The van der Waals surface area contributed by atoms with Crippen molar-refractivity contribution in [1.82, 2.24) is 19.5 Å². The first-order valence-corrected chi connectivity index (χ1v) is 17.5. The van der Waals surface area contributed by atoms with Crippen molar-refractivity contribution in [2.75, 3.05) is 18.0 Å². The fourth-order valence-corrected chi connectivity index (χ4v) is 7.13. The Bertz CT molecular complexity index is 1830. The number of hydrogen-bond donors (Lipinski definition) is 0. The lowest BCUT2D eigenvalue weighted by Gasteiger charge is -2.16. The summed E-state index contributed by atoms with van der Waals surface area (Å²) in [5, 5.41) is 0.927. The summed E-state index contributed by atoms with van der Waals surface area (Å²) in [7, 11) is 0. The first kappa shape index (κ1) is 32.9. The van der Waals surface area contributed by atoms with Crippen LogP contribution in [0.3, 0.4) is 0 Å². The normalized spacial score (nSPS) is 12.8. The molecule has 1 fully saturated rings. The van der Waals surface area contributed by atoms with Crippen LogP contribution >= 0.6 is 11.8 Å². The van der Waals surface area contributed by atoms with Crippen molar-refractivity contribution in [2.24, 2.45) is 0 Å². The van der Waals surface area contributed by atoms with Crippen molar-refractivity contribution in [1.29, 1.82) is 0 Å². The molecule has 0 spiro atoms. The number of unbranched alkanes of at least 4 members (excludes halogenated alkanes) is 1. The second-order valence-corrected chi connectivity index (χ2v) is 13.2. The zero-order valence-corrected chi connectivity index (χ0v) is 29.1. The van der Waals surface area contributed by atoms with Gasteiger partial charge in [-0.15, -0.1) is 0 Å². The molecule has 0 bridgehead atoms. The van der Waals surface area contributed by atoms with E-state index in [2.05, 4.69) is 126 Å². The van der Waals surface area contributed by atoms with Gasteiger partial charge in [-0.2, -0.15) is 0 Å². The zero-order valence-electron chi connectivity index (χ0n) is 26.7. The maximum Gasteiger partial charge on any atom is 0.173 e. The molecule has 0 saturated carbocycles. The lowest BCUT2D eigenvalue weighted by Crippen LogP contribution is -3.00. The summed E-state index contributed by atoms with van der Waals surface area (Å²) in [6, 6.07) is 33.2. The average Bonchev–Trinajstić information content (AvgIpc) is 3.79. The van der Waals surface area contributed by atoms with E-state index in [1.165, 1.54) is 72.3 Å². The van der Waals surface area contributed by atoms with Gasteiger partial charge in [0.2, 0.25) is 0 Å². The number of anilines is 1. The fraction of sp³-hybridized carbons (Fsp3) is 0.282. The number of aromatic nitrogens is 5. The second-order valence-electron chi connectivity index (χ2n) is 12.3. The molecule has 3 aromatic heterocycles. The summed E-state index contributed by atoms with van der Waals surface area (Å²) in [5.74, 6) is 0.862. The van der Waals surface area contributed by atoms with E-state index in [1.807, 2.05) is 12.4 Å². The minimum Gasteiger partial charge on any atom is -1.00 e. The van der Waals surface area contributed by atoms with Crippen molar-refractivity contribution in [3.05, 3.63) is 144 Å². The first-order valence-electron chi connectivity index (χ1n) is 16.5. The molecule has 0 N–H and O–H groups in total. The van der Waals surface area contributed by atoms with Crippen LogP contribution < -0.4 is 26.4 Å². The number of hydrogen-bond acceptors (Lipinski definition) is 5. The number of rotatable bonds is 13. The molecule has 7 rings (SSSR count). The van der Waals surface area contributed by atoms with Gasteiger partial charge in [-0.3, -0.25) is 0 Å². The SMILES string of the molecule is [Br-].c1ccc(CSc2ncnc3c2ncn3Cc2ccc(CCCCc3ccc(C[n+]4ccc(N5CCCC5)cc4)cc3)cc2)cc1. The highest BCUT2D eigenvalue weighted by molar-refractivity contribution is 7.98. The standard InChI is InChI=1S/C39H41N6S.BrH/c1-2-10-35(11-3-1)28-46-39-37-38(40-29-41-39)45(30-42-37)27-34-18-14-32(15-19-34)9-5-4-8-31-12-16-33(17-13-31)26-43-24-20-36(21-25-43)44-22-6-7-23-44;/h1-3,10-21,24-25,29-30H,4-9,22-23,26-28H2;1H/q+1;/p-1. The van der Waals surface area contributed by atoms with Gasteiger partial charge in [-0.25, -0.2) is 19.5 Å². The van der Waals surface area contributed by atoms with Crippen LogP contribution in [0.4, 0.5) is 5.69 Å². The van der Waals surface area contributed by atoms with Crippen molar-refractivity contribution in [2.45, 2.75) is 62.4 Å². The van der Waals surface area contributed by atoms with Gasteiger partial charge in [0.15, 0.2) is 24.6 Å². The van der Waals surface area contributed by atoms with E-state index >= 15 is 0 Å². The van der Waals surface area contributed by atoms with E-state index in [-0.39, 0.29) is 17.0 Å². The lowest BCUT2D eigenvalue weighted by atomic mass is 10.0. The number of thioether (sulfide) groups is 1. The van der Waals surface area contributed by atoms with Crippen molar-refractivity contribution in [3.63, 3.8) is 0 Å². The highest BCUT2D eigenvalue weighted by atomic mass is 79.9. The van der Waals surface area contributed by atoms with E-state index in [0.29, 0.717) is 0 Å². The summed E-state index contributed by atoms with van der Waals surface area (Å²) in [4.78, 5) is 16.2. The minimum atomic E-state index is 0. The Balaban J connectivity index is 0.00000386. The van der Waals surface area contributed by atoms with E-state index in [9.17, 15) is 0 Å². The van der Waals surface area contributed by atoms with Crippen LogP contribution in [0.2, 0.25) is 0 Å². The van der Waals surface area contributed by atoms with Crippen molar-refractivity contribution < 1.29 is 21.5 Å². The zero-order chi connectivity index (χ0) is 31.0. The van der Waals surface area contributed by atoms with Gasteiger partial charge in [-0.1, -0.05) is 90.6 Å². The van der Waals surface area contributed by atoms with Crippen LogP contribution in [0, 0.1) is 0 Å². The number of aryl methyl sites for hydroxylation is 2. The average molecular weight is 706 g/mol. The Morgan fingerprint density at radius 3 is 1.98 bits per heavy atom. The minimum absolute atomic E-state index is 0. The van der Waals surface area contributed by atoms with Gasteiger partial charge >= 0.3 is 0 Å². The number of nitrogens with zero attached hydrogens (tertiary/aromatic N) is 6. The van der Waals surface area contributed by atoms with Crippen LogP contribution in [0.25, 0.3) is 11.2 Å². The summed E-state index contributed by atoms with van der Waals surface area (Å²) in [6.07, 6.45) is 15.2. The number of imidazole rings is 1. The lowest BCUT2D eigenvalue weighted by molar-refractivity contribution is -0.688. The Morgan fingerprint density at radius 1 is 0.660 bits per heavy atom. The van der Waals surface area contributed by atoms with Crippen molar-refractivity contribution >= 4 is 28.6 Å². The Morgan fingerprint density at radius 2 is 1.30 bits per heavy atom. The molecule has 0 aliphatic carbocycles. The monoisotopic (exact) mass is 704 g/mol.